The van der Waals surface area contributed by atoms with Crippen LogP contribution in [-0.4, -0.2) is 118 Å². The molecular weight excluding hydrogens is 1030 g/mol. The van der Waals surface area contributed by atoms with Crippen LogP contribution in [0.5, 0.6) is 0 Å². The lowest BCUT2D eigenvalue weighted by atomic mass is 9.44. The number of esters is 4. The lowest BCUT2D eigenvalue weighted by Crippen LogP contribution is -2.82. The molecule has 0 radical (unpaired) electrons. The summed E-state index contributed by atoms with van der Waals surface area (Å²) in [5.74, 6) is -5.19. The van der Waals surface area contributed by atoms with Crippen LogP contribution >= 0.6 is 11.3 Å². The number of nitrogens with one attached hydrogen (secondary N) is 1. The van der Waals surface area contributed by atoms with Crippen molar-refractivity contribution in [1.29, 1.82) is 0 Å². The number of ether oxygens (including phenoxy) is 6. The predicted octanol–water partition coefficient (Wildman–Crippen LogP) is 10.7. The highest BCUT2D eigenvalue weighted by Crippen LogP contribution is 2.65. The van der Waals surface area contributed by atoms with Crippen molar-refractivity contribution in [2.45, 2.75) is 232 Å². The lowest BCUT2D eigenvalue weighted by molar-refractivity contribution is -0.344. The number of hydrogen-bond acceptors (Lipinski definition) is 17. The fourth-order valence-electron chi connectivity index (χ4n) is 13.6. The van der Waals surface area contributed by atoms with Gasteiger partial charge in [0.2, 0.25) is 8.32 Å². The highest BCUT2D eigenvalue weighted by atomic mass is 32.1. The number of rotatable bonds is 19. The molecule has 6 rings (SSSR count). The number of fused-ring (bicyclic) bond motifs is 5. The van der Waals surface area contributed by atoms with Gasteiger partial charge in [-0.1, -0.05) is 82.2 Å². The third-order valence-corrected chi connectivity index (χ3v) is 29.1. The van der Waals surface area contributed by atoms with Crippen molar-refractivity contribution in [3.63, 3.8) is 0 Å². The highest BCUT2D eigenvalue weighted by molar-refractivity contribution is 7.12. The molecular formula is C56H85NO16SSi2. The van der Waals surface area contributed by atoms with Gasteiger partial charge in [0.25, 0.3) is 0 Å². The van der Waals surface area contributed by atoms with Crippen molar-refractivity contribution in [2.24, 2.45) is 16.7 Å². The van der Waals surface area contributed by atoms with E-state index in [2.05, 4.69) is 26.1 Å². The van der Waals surface area contributed by atoms with Crippen molar-refractivity contribution in [2.75, 3.05) is 6.61 Å². The van der Waals surface area contributed by atoms with E-state index in [-0.39, 0.29) is 51.4 Å². The maximum Gasteiger partial charge on any atom is 0.408 e. The van der Waals surface area contributed by atoms with E-state index in [9.17, 15) is 24.3 Å². The first-order valence-corrected chi connectivity index (χ1v) is 32.6. The summed E-state index contributed by atoms with van der Waals surface area (Å²) in [5, 5.41) is 19.0. The topological polar surface area (TPSA) is 222 Å². The fraction of sp³-hybridized carbons (Fsp3) is 0.714. The van der Waals surface area contributed by atoms with E-state index >= 15 is 9.59 Å². The zero-order chi connectivity index (χ0) is 56.9. The van der Waals surface area contributed by atoms with Gasteiger partial charge in [-0.2, -0.15) is 0 Å². The van der Waals surface area contributed by atoms with Gasteiger partial charge in [0.05, 0.1) is 30.3 Å². The molecule has 4 aliphatic rings. The molecule has 3 heterocycles. The van der Waals surface area contributed by atoms with Gasteiger partial charge in [0.15, 0.2) is 31.9 Å². The van der Waals surface area contributed by atoms with Gasteiger partial charge in [0.1, 0.15) is 46.2 Å². The van der Waals surface area contributed by atoms with Crippen LogP contribution in [-0.2, 0) is 56.5 Å². The van der Waals surface area contributed by atoms with Crippen molar-refractivity contribution >= 4 is 63.7 Å². The quantitative estimate of drug-likeness (QED) is 0.0578. The molecule has 2 aromatic rings. The summed E-state index contributed by atoms with van der Waals surface area (Å²) in [7, 11) is -5.74. The van der Waals surface area contributed by atoms with Crippen molar-refractivity contribution in [1.82, 2.24) is 5.32 Å². The second-order valence-electron chi connectivity index (χ2n) is 24.1. The number of alkyl carbamates (subject to hydrolysis) is 1. The molecule has 0 spiro atoms. The Kier molecular flexibility index (Phi) is 18.1. The molecule has 0 unspecified atom stereocenters. The fourth-order valence-corrected chi connectivity index (χ4v) is 22.6. The minimum atomic E-state index is -3.09. The number of carbonyl (C=O) groups excluding carboxylic acids is 6. The first kappa shape index (κ1) is 61.0. The van der Waals surface area contributed by atoms with E-state index in [0.29, 0.717) is 18.1 Å². The number of Topliss-reactive ketones (excluding diaryl/α,β-unsaturated/α-hetero) is 1. The number of furan rings is 1. The molecule has 20 heteroatoms. The maximum absolute atomic E-state index is 16.6. The third kappa shape index (κ3) is 10.8. The molecule has 1 aliphatic heterocycles. The maximum atomic E-state index is 16.6. The average molecular weight is 1120 g/mol. The Morgan fingerprint density at radius 1 is 0.895 bits per heavy atom. The highest BCUT2D eigenvalue weighted by Gasteiger charge is 2.79. The Morgan fingerprint density at radius 3 is 1.99 bits per heavy atom. The van der Waals surface area contributed by atoms with E-state index in [1.54, 1.807) is 78.1 Å². The van der Waals surface area contributed by atoms with Gasteiger partial charge in [-0.3, -0.25) is 14.4 Å². The lowest BCUT2D eigenvalue weighted by Gasteiger charge is -2.68. The zero-order valence-electron chi connectivity index (χ0n) is 48.0. The summed E-state index contributed by atoms with van der Waals surface area (Å²) >= 11 is 1.12. The molecule has 11 atom stereocenters. The predicted molar refractivity (Wildman–Crippen MR) is 289 cm³/mol. The number of thiophene rings is 1. The zero-order valence-corrected chi connectivity index (χ0v) is 50.9. The Morgan fingerprint density at radius 2 is 1.51 bits per heavy atom. The smallest absolute Gasteiger partial charge is 0.408 e. The Bertz CT molecular complexity index is 2450. The molecule has 2 N–H and O–H groups in total. The average Bonchev–Trinajstić information content (AvgIpc) is 4.06. The first-order chi connectivity index (χ1) is 35.3. The van der Waals surface area contributed by atoms with Crippen LogP contribution in [0.2, 0.25) is 34.8 Å². The molecule has 2 bridgehead atoms. The monoisotopic (exact) mass is 1120 g/mol. The summed E-state index contributed by atoms with van der Waals surface area (Å²) in [6.07, 6.45) is -8.19. The number of aliphatic hydroxyl groups is 1. The largest absolute Gasteiger partial charge is 0.467 e. The van der Waals surface area contributed by atoms with Gasteiger partial charge in [-0.25, -0.2) is 14.4 Å². The second kappa shape index (κ2) is 22.5. The van der Waals surface area contributed by atoms with Crippen LogP contribution in [0.4, 0.5) is 4.79 Å². The van der Waals surface area contributed by atoms with Gasteiger partial charge < -0.3 is 52.1 Å². The Balaban J connectivity index is 1.66. The first-order valence-electron chi connectivity index (χ1n) is 27.1. The second-order valence-corrected chi connectivity index (χ2v) is 35.2. The molecule has 0 aromatic carbocycles. The summed E-state index contributed by atoms with van der Waals surface area (Å²) in [4.78, 5) is 88.4. The van der Waals surface area contributed by atoms with E-state index in [1.807, 2.05) is 41.5 Å². The molecule has 76 heavy (non-hydrogen) atoms. The molecule has 2 saturated carbocycles. The molecule has 2 aromatic heterocycles. The Hall–Kier alpha value is -4.19. The Labute approximate surface area is 455 Å². The van der Waals surface area contributed by atoms with Gasteiger partial charge in [0, 0.05) is 32.1 Å². The van der Waals surface area contributed by atoms with Gasteiger partial charge >= 0.3 is 30.0 Å². The molecule has 3 fully saturated rings. The van der Waals surface area contributed by atoms with Crippen molar-refractivity contribution in [3.8, 4) is 0 Å². The van der Waals surface area contributed by atoms with E-state index in [0.717, 1.165) is 11.3 Å². The number of ketones is 1. The van der Waals surface area contributed by atoms with E-state index < -0.39 is 135 Å². The minimum Gasteiger partial charge on any atom is -0.467 e. The van der Waals surface area contributed by atoms with Gasteiger partial charge in [-0.15, -0.1) is 11.3 Å². The van der Waals surface area contributed by atoms with Crippen LogP contribution in [0.3, 0.4) is 0 Å². The molecule has 424 valence electrons. The van der Waals surface area contributed by atoms with Crippen LogP contribution in [0.25, 0.3) is 0 Å². The minimum absolute atomic E-state index is 0.0659. The molecule has 17 nitrogen and oxygen atoms in total. The molecule has 1 saturated heterocycles. The van der Waals surface area contributed by atoms with Crippen molar-refractivity contribution < 1.29 is 75.6 Å². The van der Waals surface area contributed by atoms with Crippen molar-refractivity contribution in [3.05, 3.63) is 57.7 Å². The van der Waals surface area contributed by atoms with Crippen LogP contribution < -0.4 is 5.32 Å². The van der Waals surface area contributed by atoms with Crippen LogP contribution in [0, 0.1) is 16.7 Å². The standard InChI is InChI=1S/C56H85NO16SSi2/c1-19-75(20-2,21-3)72-40-28-41-55(30-66-41,70-36(12)59)46-48(69-49(61)39-25-23-27-74-39)56(64)29-38(34(10)42(53(56,16)17)44(67-35(11)58)47(60)54(40,46)18)68-50(62)45(73-76(31(4)5,32(6)7)33(8)9)43(37-24-22-26-65-37)57-51(63)71-52(13,14)15/h22-27,31-33,38,40-41,43-46,48,64H,19-21,28-30H2,1-18H3,(H,57,63)/t38-,40-,41+,43-,44+,45+,46-,48-,54+,55-,56+/m0/s1. The van der Waals surface area contributed by atoms with Crippen LogP contribution in [0.15, 0.2) is 51.5 Å². The molecule has 3 aliphatic carbocycles. The van der Waals surface area contributed by atoms with E-state index in [1.165, 1.54) is 20.1 Å². The molecule has 1 amide bonds. The number of carbonyl (C=O) groups is 6. The SMILES string of the molecule is CC[Si](CC)(CC)O[C@H]1C[C@H]2OC[C@@]2(OC(C)=O)[C@H]2[C@H](OC(=O)c3cccs3)[C@]3(O)C[C@H](OC(=O)[C@H](O[Si](C(C)C)(C(C)C)C(C)C)[C@@H](NC(=O)OC(C)(C)C)c4ccco4)C(C)=C([C@@H](OC(C)=O)C(=O)[C@]12C)C3(C)C. The van der Waals surface area contributed by atoms with Crippen LogP contribution in [0.1, 0.15) is 159 Å². The summed E-state index contributed by atoms with van der Waals surface area (Å²) in [6.45, 7) is 32.5. The summed E-state index contributed by atoms with van der Waals surface area (Å²) in [5.41, 5.74) is -8.23. The summed E-state index contributed by atoms with van der Waals surface area (Å²) in [6, 6.07) is 7.25. The van der Waals surface area contributed by atoms with Gasteiger partial charge in [-0.05, 0) is 104 Å². The normalized spacial score (nSPS) is 29.3. The van der Waals surface area contributed by atoms with E-state index in [4.69, 9.17) is 41.7 Å². The summed E-state index contributed by atoms with van der Waals surface area (Å²) < 4.78 is 58.9. The number of hydrogen-bond donors (Lipinski definition) is 2. The number of amides is 1. The third-order valence-electron chi connectivity index (χ3n) is 17.5.